The zero-order valence-electron chi connectivity index (χ0n) is 9.12. The summed E-state index contributed by atoms with van der Waals surface area (Å²) in [5.74, 6) is -2.69. The summed E-state index contributed by atoms with van der Waals surface area (Å²) in [5.41, 5.74) is 1.68. The lowest BCUT2D eigenvalue weighted by Gasteiger charge is -2.09. The highest BCUT2D eigenvalue weighted by molar-refractivity contribution is 6.03. The van der Waals surface area contributed by atoms with E-state index in [0.29, 0.717) is 16.6 Å². The first-order valence-electron chi connectivity index (χ1n) is 5.03. The minimum Gasteiger partial charge on any atom is -0.480 e. The topological polar surface area (TPSA) is 80.2 Å². The number of carboxylic acids is 1. The third-order valence-corrected chi connectivity index (χ3v) is 2.48. The van der Waals surface area contributed by atoms with E-state index in [2.05, 4.69) is 9.97 Å². The number of nitrogens with zero attached hydrogens (tertiary/aromatic N) is 2. The zero-order chi connectivity index (χ0) is 12.4. The molecule has 0 bridgehead atoms. The van der Waals surface area contributed by atoms with Gasteiger partial charge in [0.2, 0.25) is 0 Å². The second-order valence-corrected chi connectivity index (χ2v) is 3.69. The summed E-state index contributed by atoms with van der Waals surface area (Å²) in [7, 11) is 0. The molecule has 1 N–H and O–H groups in total. The van der Waals surface area contributed by atoms with Crippen LogP contribution < -0.4 is 0 Å². The number of Topliss-reactive ketones (excluding diaryl/α,β-unsaturated/α-hetero) is 1. The van der Waals surface area contributed by atoms with Crippen LogP contribution >= 0.6 is 0 Å². The van der Waals surface area contributed by atoms with Crippen molar-refractivity contribution in [2.75, 3.05) is 0 Å². The van der Waals surface area contributed by atoms with Gasteiger partial charge in [-0.1, -0.05) is 6.07 Å². The van der Waals surface area contributed by atoms with Crippen molar-refractivity contribution < 1.29 is 14.7 Å². The van der Waals surface area contributed by atoms with Gasteiger partial charge in [-0.15, -0.1) is 0 Å². The molecule has 0 amide bonds. The summed E-state index contributed by atoms with van der Waals surface area (Å²) in [6.07, 6.45) is 3.08. The Labute approximate surface area is 97.1 Å². The summed E-state index contributed by atoms with van der Waals surface area (Å²) >= 11 is 0. The van der Waals surface area contributed by atoms with Crippen molar-refractivity contribution in [1.29, 1.82) is 0 Å². The number of rotatable bonds is 3. The van der Waals surface area contributed by atoms with Gasteiger partial charge in [0.15, 0.2) is 0 Å². The molecule has 0 aliphatic carbocycles. The molecule has 2 rings (SSSR count). The maximum absolute atomic E-state index is 11.3. The van der Waals surface area contributed by atoms with Gasteiger partial charge in [0.05, 0.1) is 11.0 Å². The molecule has 1 atom stereocenters. The van der Waals surface area contributed by atoms with Crippen molar-refractivity contribution in [3.63, 3.8) is 0 Å². The van der Waals surface area contributed by atoms with Crippen LogP contribution in [0.3, 0.4) is 0 Å². The molecule has 1 heterocycles. The van der Waals surface area contributed by atoms with Gasteiger partial charge in [-0.05, 0) is 24.6 Å². The summed E-state index contributed by atoms with van der Waals surface area (Å²) < 4.78 is 0. The second kappa shape index (κ2) is 4.29. The lowest BCUT2D eigenvalue weighted by atomic mass is 9.95. The number of aliphatic carboxylic acids is 1. The minimum atomic E-state index is -1.15. The molecule has 0 saturated heterocycles. The molecule has 0 aliphatic heterocycles. The standard InChI is InChI=1S/C12H10N2O3/c1-7(15)11(12(16)17)8-2-3-9-10(6-8)14-5-4-13-9/h2-6,11H,1H3,(H,16,17). The third kappa shape index (κ3) is 2.13. The predicted octanol–water partition coefficient (Wildman–Crippen LogP) is 1.39. The lowest BCUT2D eigenvalue weighted by molar-refractivity contribution is -0.142. The van der Waals surface area contributed by atoms with Crippen LogP contribution in [0.4, 0.5) is 0 Å². The number of fused-ring (bicyclic) bond motifs is 1. The van der Waals surface area contributed by atoms with E-state index in [1.165, 1.54) is 13.1 Å². The summed E-state index contributed by atoms with van der Waals surface area (Å²) in [6, 6.07) is 4.84. The summed E-state index contributed by atoms with van der Waals surface area (Å²) in [4.78, 5) is 30.5. The van der Waals surface area contributed by atoms with Gasteiger partial charge in [0.1, 0.15) is 11.7 Å². The van der Waals surface area contributed by atoms with Gasteiger partial charge in [0.25, 0.3) is 0 Å². The molecule has 5 heteroatoms. The van der Waals surface area contributed by atoms with E-state index in [4.69, 9.17) is 5.11 Å². The van der Waals surface area contributed by atoms with Gasteiger partial charge < -0.3 is 5.11 Å². The molecule has 0 saturated carbocycles. The maximum atomic E-state index is 11.3. The van der Waals surface area contributed by atoms with Crippen molar-refractivity contribution >= 4 is 22.8 Å². The van der Waals surface area contributed by atoms with Crippen molar-refractivity contribution in [2.24, 2.45) is 0 Å². The molecule has 0 aliphatic rings. The van der Waals surface area contributed by atoms with Gasteiger partial charge >= 0.3 is 5.97 Å². The van der Waals surface area contributed by atoms with E-state index < -0.39 is 17.7 Å². The molecule has 0 spiro atoms. The first-order valence-corrected chi connectivity index (χ1v) is 5.03. The average molecular weight is 230 g/mol. The SMILES string of the molecule is CC(=O)C(C(=O)O)c1ccc2nccnc2c1. The molecule has 0 radical (unpaired) electrons. The van der Waals surface area contributed by atoms with Crippen molar-refractivity contribution in [1.82, 2.24) is 9.97 Å². The van der Waals surface area contributed by atoms with Gasteiger partial charge in [-0.3, -0.25) is 19.6 Å². The highest BCUT2D eigenvalue weighted by Crippen LogP contribution is 2.20. The third-order valence-electron chi connectivity index (χ3n) is 2.48. The summed E-state index contributed by atoms with van der Waals surface area (Å²) in [6.45, 7) is 1.26. The van der Waals surface area contributed by atoms with Crippen LogP contribution in [0.15, 0.2) is 30.6 Å². The average Bonchev–Trinajstić information content (AvgIpc) is 2.28. The fourth-order valence-corrected chi connectivity index (χ4v) is 1.71. The maximum Gasteiger partial charge on any atom is 0.318 e. The van der Waals surface area contributed by atoms with Crippen LogP contribution in [0.1, 0.15) is 18.4 Å². The number of benzene rings is 1. The highest BCUT2D eigenvalue weighted by Gasteiger charge is 2.24. The first kappa shape index (κ1) is 11.2. The van der Waals surface area contributed by atoms with Crippen molar-refractivity contribution in [3.05, 3.63) is 36.2 Å². The first-order chi connectivity index (χ1) is 8.09. The minimum absolute atomic E-state index is 0.402. The van der Waals surface area contributed by atoms with Crippen LogP contribution in [-0.4, -0.2) is 26.8 Å². The fraction of sp³-hybridized carbons (Fsp3) is 0.167. The Balaban J connectivity index is 2.55. The molecule has 5 nitrogen and oxygen atoms in total. The molecular formula is C12H10N2O3. The Kier molecular flexibility index (Phi) is 2.82. The normalized spacial score (nSPS) is 12.3. The smallest absolute Gasteiger partial charge is 0.318 e. The number of carboxylic acid groups (broad SMARTS) is 1. The Hall–Kier alpha value is -2.30. The number of aromatic nitrogens is 2. The number of ketones is 1. The Bertz CT molecular complexity index is 581. The quantitative estimate of drug-likeness (QED) is 0.806. The van der Waals surface area contributed by atoms with E-state index >= 15 is 0 Å². The van der Waals surface area contributed by atoms with Crippen LogP contribution in [-0.2, 0) is 9.59 Å². The van der Waals surface area contributed by atoms with Crippen LogP contribution in [0.2, 0.25) is 0 Å². The lowest BCUT2D eigenvalue weighted by Crippen LogP contribution is -2.19. The molecule has 1 unspecified atom stereocenters. The van der Waals surface area contributed by atoms with E-state index in [1.807, 2.05) is 0 Å². The number of carbonyl (C=O) groups excluding carboxylic acids is 1. The molecular weight excluding hydrogens is 220 g/mol. The van der Waals surface area contributed by atoms with E-state index in [-0.39, 0.29) is 0 Å². The molecule has 1 aromatic heterocycles. The van der Waals surface area contributed by atoms with Gasteiger partial charge in [0, 0.05) is 12.4 Å². The summed E-state index contributed by atoms with van der Waals surface area (Å²) in [5, 5.41) is 9.01. The van der Waals surface area contributed by atoms with Crippen LogP contribution in [0.5, 0.6) is 0 Å². The monoisotopic (exact) mass is 230 g/mol. The Morgan fingerprint density at radius 1 is 1.18 bits per heavy atom. The molecule has 1 aromatic carbocycles. The number of hydrogen-bond acceptors (Lipinski definition) is 4. The molecule has 17 heavy (non-hydrogen) atoms. The van der Waals surface area contributed by atoms with E-state index in [0.717, 1.165) is 0 Å². The van der Waals surface area contributed by atoms with E-state index in [9.17, 15) is 9.59 Å². The van der Waals surface area contributed by atoms with Crippen molar-refractivity contribution in [2.45, 2.75) is 12.8 Å². The number of carbonyl (C=O) groups is 2. The fourth-order valence-electron chi connectivity index (χ4n) is 1.71. The Morgan fingerprint density at radius 2 is 1.82 bits per heavy atom. The predicted molar refractivity (Wildman–Crippen MR) is 60.6 cm³/mol. The molecule has 86 valence electrons. The van der Waals surface area contributed by atoms with E-state index in [1.54, 1.807) is 24.4 Å². The Morgan fingerprint density at radius 3 is 2.41 bits per heavy atom. The highest BCUT2D eigenvalue weighted by atomic mass is 16.4. The molecule has 2 aromatic rings. The van der Waals surface area contributed by atoms with Gasteiger partial charge in [-0.2, -0.15) is 0 Å². The zero-order valence-corrected chi connectivity index (χ0v) is 9.12. The largest absolute Gasteiger partial charge is 0.480 e. The van der Waals surface area contributed by atoms with Crippen LogP contribution in [0.25, 0.3) is 11.0 Å². The molecule has 0 fully saturated rings. The van der Waals surface area contributed by atoms with Gasteiger partial charge in [-0.25, -0.2) is 0 Å². The van der Waals surface area contributed by atoms with Crippen LogP contribution in [0, 0.1) is 0 Å². The number of hydrogen-bond donors (Lipinski definition) is 1. The van der Waals surface area contributed by atoms with Crippen molar-refractivity contribution in [3.8, 4) is 0 Å². The second-order valence-electron chi connectivity index (χ2n) is 3.69.